The fraction of sp³-hybridized carbons (Fsp3) is 0.533. The van der Waals surface area contributed by atoms with Crippen molar-refractivity contribution in [2.75, 3.05) is 13.2 Å². The topological polar surface area (TPSA) is 100.0 Å². The van der Waals surface area contributed by atoms with Gasteiger partial charge in [0.05, 0.1) is 36.0 Å². The highest BCUT2D eigenvalue weighted by atomic mass is 16.5. The number of carbonyl (C=O) groups is 2. The molecule has 3 heterocycles. The van der Waals surface area contributed by atoms with Gasteiger partial charge in [0.15, 0.2) is 0 Å². The SMILES string of the molecule is CCOC(=O)c1[nH]c(-c2[nH]c(-c3[nH]c(C(=O)OCC)c(CC)c3CC)c(CC)c2CC)c(CC)c1CC. The van der Waals surface area contributed by atoms with Gasteiger partial charge < -0.3 is 24.4 Å². The van der Waals surface area contributed by atoms with Crippen molar-refractivity contribution < 1.29 is 19.1 Å². The highest BCUT2D eigenvalue weighted by Gasteiger charge is 2.29. The van der Waals surface area contributed by atoms with E-state index >= 15 is 0 Å². The minimum atomic E-state index is -0.315. The molecule has 3 aromatic heterocycles. The lowest BCUT2D eigenvalue weighted by Gasteiger charge is -2.06. The lowest BCUT2D eigenvalue weighted by atomic mass is 9.96. The van der Waals surface area contributed by atoms with E-state index in [-0.39, 0.29) is 11.9 Å². The quantitative estimate of drug-likeness (QED) is 0.236. The first-order chi connectivity index (χ1) is 17.9. The molecule has 0 saturated carbocycles. The highest BCUT2D eigenvalue weighted by Crippen LogP contribution is 2.40. The Labute approximate surface area is 220 Å². The molecule has 0 aliphatic heterocycles. The Morgan fingerprint density at radius 1 is 0.459 bits per heavy atom. The van der Waals surface area contributed by atoms with Crippen LogP contribution in [0.15, 0.2) is 0 Å². The number of carbonyl (C=O) groups excluding carboxylic acids is 2. The molecule has 0 radical (unpaired) electrons. The van der Waals surface area contributed by atoms with Crippen LogP contribution in [-0.4, -0.2) is 40.1 Å². The van der Waals surface area contributed by atoms with Crippen LogP contribution < -0.4 is 0 Å². The molecule has 0 atom stereocenters. The average molecular weight is 510 g/mol. The van der Waals surface area contributed by atoms with Crippen LogP contribution in [-0.2, 0) is 48.0 Å². The van der Waals surface area contributed by atoms with Gasteiger partial charge in [0, 0.05) is 0 Å². The first-order valence-electron chi connectivity index (χ1n) is 13.9. The summed E-state index contributed by atoms with van der Waals surface area (Å²) < 4.78 is 10.7. The van der Waals surface area contributed by atoms with Crippen LogP contribution in [0.2, 0.25) is 0 Å². The lowest BCUT2D eigenvalue weighted by molar-refractivity contribution is 0.0509. The molecule has 0 aliphatic carbocycles. The van der Waals surface area contributed by atoms with Crippen LogP contribution in [0.5, 0.6) is 0 Å². The lowest BCUT2D eigenvalue weighted by Crippen LogP contribution is -2.08. The number of H-pyrrole nitrogens is 3. The molecular formula is C30H43N3O4. The summed E-state index contributed by atoms with van der Waals surface area (Å²) >= 11 is 0. The molecule has 3 rings (SSSR count). The zero-order valence-corrected chi connectivity index (χ0v) is 23.8. The summed E-state index contributed by atoms with van der Waals surface area (Å²) in [5, 5.41) is 0. The van der Waals surface area contributed by atoms with Crippen LogP contribution in [0.3, 0.4) is 0 Å². The van der Waals surface area contributed by atoms with E-state index in [4.69, 9.17) is 9.47 Å². The number of esters is 2. The zero-order chi connectivity index (χ0) is 27.3. The van der Waals surface area contributed by atoms with Crippen LogP contribution in [0.1, 0.15) is 110 Å². The van der Waals surface area contributed by atoms with E-state index in [0.29, 0.717) is 24.6 Å². The van der Waals surface area contributed by atoms with E-state index in [1.807, 2.05) is 13.8 Å². The number of rotatable bonds is 12. The molecule has 202 valence electrons. The molecule has 3 N–H and O–H groups in total. The average Bonchev–Trinajstić information content (AvgIpc) is 3.58. The molecule has 0 saturated heterocycles. The second kappa shape index (κ2) is 12.3. The number of aromatic nitrogens is 3. The van der Waals surface area contributed by atoms with E-state index in [1.165, 1.54) is 11.1 Å². The summed E-state index contributed by atoms with van der Waals surface area (Å²) in [5.41, 5.74) is 11.7. The van der Waals surface area contributed by atoms with Gasteiger partial charge in [-0.05, 0) is 85.8 Å². The Morgan fingerprint density at radius 3 is 1.00 bits per heavy atom. The third-order valence-electron chi connectivity index (χ3n) is 7.23. The van der Waals surface area contributed by atoms with E-state index < -0.39 is 0 Å². The molecule has 0 unspecified atom stereocenters. The summed E-state index contributed by atoms with van der Waals surface area (Å²) in [4.78, 5) is 36.2. The van der Waals surface area contributed by atoms with Crippen LogP contribution >= 0.6 is 0 Å². The van der Waals surface area contributed by atoms with Gasteiger partial charge in [-0.3, -0.25) is 0 Å². The van der Waals surface area contributed by atoms with Crippen molar-refractivity contribution >= 4 is 11.9 Å². The normalized spacial score (nSPS) is 11.2. The molecule has 0 bridgehead atoms. The number of hydrogen-bond acceptors (Lipinski definition) is 4. The molecule has 0 fully saturated rings. The van der Waals surface area contributed by atoms with Crippen molar-refractivity contribution in [3.63, 3.8) is 0 Å². The Bertz CT molecular complexity index is 1160. The maximum Gasteiger partial charge on any atom is 0.355 e. The van der Waals surface area contributed by atoms with Crippen molar-refractivity contribution in [1.82, 2.24) is 15.0 Å². The van der Waals surface area contributed by atoms with Crippen LogP contribution in [0, 0.1) is 0 Å². The summed E-state index contributed by atoms with van der Waals surface area (Å²) in [6.45, 7) is 17.0. The van der Waals surface area contributed by atoms with Crippen molar-refractivity contribution in [2.45, 2.75) is 93.9 Å². The predicted molar refractivity (Wildman–Crippen MR) is 149 cm³/mol. The van der Waals surface area contributed by atoms with Gasteiger partial charge in [-0.15, -0.1) is 0 Å². The fourth-order valence-corrected chi connectivity index (χ4v) is 5.68. The second-order valence-corrected chi connectivity index (χ2v) is 9.06. The number of hydrogen-bond donors (Lipinski definition) is 3. The maximum absolute atomic E-state index is 12.8. The van der Waals surface area contributed by atoms with Gasteiger partial charge in [0.2, 0.25) is 0 Å². The first-order valence-corrected chi connectivity index (χ1v) is 13.9. The third-order valence-corrected chi connectivity index (χ3v) is 7.23. The summed E-state index contributed by atoms with van der Waals surface area (Å²) in [6, 6.07) is 0. The molecule has 7 nitrogen and oxygen atoms in total. The van der Waals surface area contributed by atoms with Crippen LogP contribution in [0.4, 0.5) is 0 Å². The van der Waals surface area contributed by atoms with E-state index in [2.05, 4.69) is 56.5 Å². The van der Waals surface area contributed by atoms with Gasteiger partial charge in [-0.2, -0.15) is 0 Å². The molecule has 37 heavy (non-hydrogen) atoms. The Kier molecular flexibility index (Phi) is 9.46. The standard InChI is InChI=1S/C30H43N3O4/c1-9-17-18(10-2)24(26-20(12-4)22(14-6)28(33-26)30(35)37-16-8)31-23(17)25-19(11-3)21(13-5)27(32-25)29(34)36-15-7/h31-33H,9-16H2,1-8H3. The smallest absolute Gasteiger partial charge is 0.355 e. The van der Waals surface area contributed by atoms with E-state index in [0.717, 1.165) is 83.6 Å². The van der Waals surface area contributed by atoms with Crippen molar-refractivity contribution in [3.05, 3.63) is 44.8 Å². The monoisotopic (exact) mass is 509 g/mol. The molecule has 0 spiro atoms. The second-order valence-electron chi connectivity index (χ2n) is 9.06. The molecule has 3 aromatic rings. The van der Waals surface area contributed by atoms with Crippen molar-refractivity contribution in [1.29, 1.82) is 0 Å². The van der Waals surface area contributed by atoms with Gasteiger partial charge in [-0.25, -0.2) is 9.59 Å². The molecule has 0 aromatic carbocycles. The summed E-state index contributed by atoms with van der Waals surface area (Å²) in [5.74, 6) is -0.629. The van der Waals surface area contributed by atoms with Crippen LogP contribution in [0.25, 0.3) is 22.8 Å². The molecule has 0 aliphatic rings. The Hall–Kier alpha value is -3.22. The zero-order valence-electron chi connectivity index (χ0n) is 23.8. The number of aromatic amines is 3. The van der Waals surface area contributed by atoms with Gasteiger partial charge in [0.25, 0.3) is 0 Å². The summed E-state index contributed by atoms with van der Waals surface area (Å²) in [7, 11) is 0. The number of ether oxygens (including phenoxy) is 2. The Morgan fingerprint density at radius 2 is 0.730 bits per heavy atom. The minimum absolute atomic E-state index is 0.315. The third kappa shape index (κ3) is 5.00. The largest absolute Gasteiger partial charge is 0.461 e. The molecule has 7 heteroatoms. The number of nitrogens with one attached hydrogen (secondary N) is 3. The van der Waals surface area contributed by atoms with E-state index in [1.54, 1.807) is 0 Å². The first kappa shape index (κ1) is 28.4. The summed E-state index contributed by atoms with van der Waals surface area (Å²) in [6.07, 6.45) is 4.74. The van der Waals surface area contributed by atoms with E-state index in [9.17, 15) is 9.59 Å². The van der Waals surface area contributed by atoms with Gasteiger partial charge in [-0.1, -0.05) is 41.5 Å². The fourth-order valence-electron chi connectivity index (χ4n) is 5.68. The van der Waals surface area contributed by atoms with Crippen molar-refractivity contribution in [3.8, 4) is 22.8 Å². The molecular weight excluding hydrogens is 466 g/mol. The van der Waals surface area contributed by atoms with Crippen molar-refractivity contribution in [2.24, 2.45) is 0 Å². The predicted octanol–water partition coefficient (Wildman–Crippen LogP) is 6.73. The highest BCUT2D eigenvalue weighted by molar-refractivity contribution is 5.93. The van der Waals surface area contributed by atoms with Gasteiger partial charge in [0.1, 0.15) is 11.4 Å². The Balaban J connectivity index is 2.32. The minimum Gasteiger partial charge on any atom is -0.461 e. The van der Waals surface area contributed by atoms with Gasteiger partial charge >= 0.3 is 11.9 Å². The maximum atomic E-state index is 12.8. The molecule has 0 amide bonds.